The lowest BCUT2D eigenvalue weighted by Gasteiger charge is -2.18. The molecule has 0 radical (unpaired) electrons. The predicted molar refractivity (Wildman–Crippen MR) is 335 cm³/mol. The minimum absolute atomic E-state index is 0.0792. The zero-order valence-electron chi connectivity index (χ0n) is 51.2. The van der Waals surface area contributed by atoms with Gasteiger partial charge in [-0.05, 0) is 83.5 Å². The molecule has 6 nitrogen and oxygen atoms in total. The van der Waals surface area contributed by atoms with Gasteiger partial charge in [0.1, 0.15) is 13.2 Å². The molecule has 0 aromatic carbocycles. The minimum Gasteiger partial charge on any atom is -0.462 e. The van der Waals surface area contributed by atoms with E-state index >= 15 is 0 Å². The van der Waals surface area contributed by atoms with Crippen LogP contribution in [0.5, 0.6) is 0 Å². The lowest BCUT2D eigenvalue weighted by molar-refractivity contribution is -0.167. The zero-order valence-corrected chi connectivity index (χ0v) is 51.2. The molecule has 1 atom stereocenters. The molecule has 0 N–H and O–H groups in total. The maximum absolute atomic E-state index is 12.9. The van der Waals surface area contributed by atoms with Crippen LogP contribution in [0.15, 0.2) is 72.9 Å². The molecule has 0 aliphatic heterocycles. The lowest BCUT2D eigenvalue weighted by atomic mass is 10.0. The first-order valence-electron chi connectivity index (χ1n) is 33.4. The molecule has 0 bridgehead atoms. The van der Waals surface area contributed by atoms with E-state index in [4.69, 9.17) is 14.2 Å². The van der Waals surface area contributed by atoms with Gasteiger partial charge in [-0.3, -0.25) is 14.4 Å². The zero-order chi connectivity index (χ0) is 55.7. The van der Waals surface area contributed by atoms with Crippen LogP contribution >= 0.6 is 0 Å². The van der Waals surface area contributed by atoms with Gasteiger partial charge in [0.15, 0.2) is 6.10 Å². The predicted octanol–water partition coefficient (Wildman–Crippen LogP) is 22.9. The van der Waals surface area contributed by atoms with Crippen LogP contribution < -0.4 is 0 Å². The quantitative estimate of drug-likeness (QED) is 0.0261. The summed E-state index contributed by atoms with van der Waals surface area (Å²) in [6.45, 7) is 6.50. The van der Waals surface area contributed by atoms with Gasteiger partial charge in [0.05, 0.1) is 0 Å². The van der Waals surface area contributed by atoms with E-state index in [0.29, 0.717) is 19.3 Å². The SMILES string of the molecule is CC/C=C\C/C=C\C/C=C\C/C=C\CCCCCCCCCCCCC(=O)OCC(COC(=O)CCCCCCC/C=C\C/C=C\CCC)OC(=O)CCCCCCCCCCCCCCCCCCCCCCCCC. The molecule has 0 saturated heterocycles. The summed E-state index contributed by atoms with van der Waals surface area (Å²) in [6.07, 6.45) is 84.9. The normalized spacial score (nSPS) is 12.5. The van der Waals surface area contributed by atoms with Gasteiger partial charge in [0, 0.05) is 19.3 Å². The summed E-state index contributed by atoms with van der Waals surface area (Å²) in [5, 5.41) is 0. The number of unbranched alkanes of at least 4 members (excludes halogenated alkanes) is 38. The van der Waals surface area contributed by atoms with E-state index in [1.807, 2.05) is 0 Å². The van der Waals surface area contributed by atoms with Gasteiger partial charge in [0.25, 0.3) is 0 Å². The Kier molecular flexibility index (Phi) is 62.7. The number of allylic oxidation sites excluding steroid dienone is 12. The van der Waals surface area contributed by atoms with Crippen molar-refractivity contribution in [1.29, 1.82) is 0 Å². The molecule has 0 aromatic rings. The van der Waals surface area contributed by atoms with Crippen LogP contribution in [0.4, 0.5) is 0 Å². The first-order valence-corrected chi connectivity index (χ1v) is 33.4. The molecule has 6 heteroatoms. The molecule has 446 valence electrons. The van der Waals surface area contributed by atoms with Crippen LogP contribution in [0.3, 0.4) is 0 Å². The van der Waals surface area contributed by atoms with Crippen LogP contribution in [0.1, 0.15) is 342 Å². The van der Waals surface area contributed by atoms with Gasteiger partial charge in [-0.2, -0.15) is 0 Å². The highest BCUT2D eigenvalue weighted by Gasteiger charge is 2.19. The van der Waals surface area contributed by atoms with Crippen molar-refractivity contribution in [2.75, 3.05) is 13.2 Å². The van der Waals surface area contributed by atoms with Gasteiger partial charge in [-0.1, -0.05) is 312 Å². The van der Waals surface area contributed by atoms with Crippen molar-refractivity contribution in [1.82, 2.24) is 0 Å². The Bertz CT molecular complexity index is 1420. The Labute approximate surface area is 478 Å². The molecule has 0 saturated carbocycles. The average Bonchev–Trinajstić information content (AvgIpc) is 3.43. The standard InChI is InChI=1S/C71H126O6/c1-4-7-10-13-16-19-22-25-27-29-31-33-35-37-39-41-43-46-49-52-55-58-61-64-70(73)76-67-68(66-75-69(72)63-60-57-54-51-48-45-24-21-18-15-12-9-6-3)77-71(74)65-62-59-56-53-50-47-44-42-40-38-36-34-32-30-28-26-23-20-17-14-11-8-5-2/h7,10,12,15-16,19,21,24-25,27,31,33,68H,4-6,8-9,11,13-14,17-18,20,22-23,26,28-30,32,34-67H2,1-3H3/b10-7-,15-12-,19-16-,24-21-,27-25-,33-31-. The van der Waals surface area contributed by atoms with E-state index in [2.05, 4.69) is 93.7 Å². The molecular formula is C71H126O6. The Balaban J connectivity index is 4.29. The summed E-state index contributed by atoms with van der Waals surface area (Å²) in [5.74, 6) is -0.879. The highest BCUT2D eigenvalue weighted by atomic mass is 16.6. The van der Waals surface area contributed by atoms with Crippen LogP contribution in [0.25, 0.3) is 0 Å². The fourth-order valence-electron chi connectivity index (χ4n) is 9.71. The Morgan fingerprint density at radius 3 is 0.844 bits per heavy atom. The van der Waals surface area contributed by atoms with Crippen molar-refractivity contribution in [3.8, 4) is 0 Å². The average molecular weight is 1080 g/mol. The highest BCUT2D eigenvalue weighted by molar-refractivity contribution is 5.71. The summed E-state index contributed by atoms with van der Waals surface area (Å²) in [7, 11) is 0. The molecular weight excluding hydrogens is 949 g/mol. The second kappa shape index (κ2) is 65.4. The van der Waals surface area contributed by atoms with Crippen LogP contribution in [0, 0.1) is 0 Å². The van der Waals surface area contributed by atoms with E-state index in [0.717, 1.165) is 109 Å². The molecule has 0 aliphatic rings. The second-order valence-electron chi connectivity index (χ2n) is 22.4. The number of hydrogen-bond acceptors (Lipinski definition) is 6. The molecule has 0 heterocycles. The molecule has 0 rings (SSSR count). The summed E-state index contributed by atoms with van der Waals surface area (Å²) < 4.78 is 16.9. The van der Waals surface area contributed by atoms with Crippen molar-refractivity contribution in [2.45, 2.75) is 348 Å². The van der Waals surface area contributed by atoms with Crippen LogP contribution in [0.2, 0.25) is 0 Å². The second-order valence-corrected chi connectivity index (χ2v) is 22.4. The number of hydrogen-bond donors (Lipinski definition) is 0. The molecule has 1 unspecified atom stereocenters. The number of carbonyl (C=O) groups is 3. The third kappa shape index (κ3) is 63.6. The van der Waals surface area contributed by atoms with Crippen molar-refractivity contribution in [2.24, 2.45) is 0 Å². The largest absolute Gasteiger partial charge is 0.462 e. The Morgan fingerprint density at radius 1 is 0.273 bits per heavy atom. The molecule has 0 fully saturated rings. The highest BCUT2D eigenvalue weighted by Crippen LogP contribution is 2.18. The van der Waals surface area contributed by atoms with Gasteiger partial charge >= 0.3 is 17.9 Å². The van der Waals surface area contributed by atoms with Crippen molar-refractivity contribution in [3.63, 3.8) is 0 Å². The molecule has 0 spiro atoms. The van der Waals surface area contributed by atoms with Gasteiger partial charge in [0.2, 0.25) is 0 Å². The lowest BCUT2D eigenvalue weighted by Crippen LogP contribution is -2.30. The van der Waals surface area contributed by atoms with Gasteiger partial charge in [-0.25, -0.2) is 0 Å². The van der Waals surface area contributed by atoms with E-state index in [9.17, 15) is 14.4 Å². The summed E-state index contributed by atoms with van der Waals surface area (Å²) in [6, 6.07) is 0. The molecule has 0 amide bonds. The van der Waals surface area contributed by atoms with Crippen LogP contribution in [-0.4, -0.2) is 37.2 Å². The van der Waals surface area contributed by atoms with E-state index in [1.165, 1.54) is 193 Å². The first kappa shape index (κ1) is 73.8. The first-order chi connectivity index (χ1) is 38.0. The summed E-state index contributed by atoms with van der Waals surface area (Å²) in [5.41, 5.74) is 0. The summed E-state index contributed by atoms with van der Waals surface area (Å²) >= 11 is 0. The van der Waals surface area contributed by atoms with E-state index < -0.39 is 6.10 Å². The van der Waals surface area contributed by atoms with Crippen molar-refractivity contribution < 1.29 is 28.6 Å². The number of esters is 3. The molecule has 0 aliphatic carbocycles. The monoisotopic (exact) mass is 1070 g/mol. The minimum atomic E-state index is -0.783. The number of ether oxygens (including phenoxy) is 3. The maximum atomic E-state index is 12.9. The molecule has 0 aromatic heterocycles. The number of carbonyl (C=O) groups excluding carboxylic acids is 3. The molecule has 77 heavy (non-hydrogen) atoms. The topological polar surface area (TPSA) is 78.9 Å². The smallest absolute Gasteiger partial charge is 0.306 e. The van der Waals surface area contributed by atoms with Gasteiger partial charge in [-0.15, -0.1) is 0 Å². The fourth-order valence-corrected chi connectivity index (χ4v) is 9.71. The van der Waals surface area contributed by atoms with Crippen molar-refractivity contribution >= 4 is 17.9 Å². The van der Waals surface area contributed by atoms with E-state index in [-0.39, 0.29) is 31.1 Å². The van der Waals surface area contributed by atoms with Gasteiger partial charge < -0.3 is 14.2 Å². The maximum Gasteiger partial charge on any atom is 0.306 e. The van der Waals surface area contributed by atoms with Crippen molar-refractivity contribution in [3.05, 3.63) is 72.9 Å². The third-order valence-electron chi connectivity index (χ3n) is 14.7. The Morgan fingerprint density at radius 2 is 0.532 bits per heavy atom. The summed E-state index contributed by atoms with van der Waals surface area (Å²) in [4.78, 5) is 38.4. The fraction of sp³-hybridized carbons (Fsp3) is 0.789. The Hall–Kier alpha value is -3.15. The van der Waals surface area contributed by atoms with Crippen LogP contribution in [-0.2, 0) is 28.6 Å². The third-order valence-corrected chi connectivity index (χ3v) is 14.7. The number of rotatable bonds is 61. The van der Waals surface area contributed by atoms with E-state index in [1.54, 1.807) is 0 Å².